The zero-order valence-corrected chi connectivity index (χ0v) is 14.9. The van der Waals surface area contributed by atoms with Gasteiger partial charge in [-0.2, -0.15) is 0 Å². The van der Waals surface area contributed by atoms with Crippen molar-refractivity contribution in [2.24, 2.45) is 0 Å². The number of hydrogen-bond acceptors (Lipinski definition) is 4. The first-order valence-electron chi connectivity index (χ1n) is 9.20. The fourth-order valence-corrected chi connectivity index (χ4v) is 3.43. The molecule has 6 nitrogen and oxygen atoms in total. The maximum absolute atomic E-state index is 12.3. The Hall–Kier alpha value is -3.15. The Morgan fingerprint density at radius 1 is 1.19 bits per heavy atom. The molecule has 3 aromatic rings. The number of hydrogen-bond donors (Lipinski definition) is 2. The molecule has 0 spiro atoms. The Kier molecular flexibility index (Phi) is 4.87. The molecule has 138 valence electrons. The molecule has 1 aromatic heterocycles. The second kappa shape index (κ2) is 7.61. The van der Waals surface area contributed by atoms with Gasteiger partial charge in [0.2, 0.25) is 5.91 Å². The van der Waals surface area contributed by atoms with E-state index in [1.807, 2.05) is 42.5 Å². The number of aromatic nitrogens is 2. The molecule has 0 saturated heterocycles. The molecule has 0 fully saturated rings. The van der Waals surface area contributed by atoms with Crippen LogP contribution in [0.4, 0.5) is 0 Å². The highest BCUT2D eigenvalue weighted by Crippen LogP contribution is 2.31. The lowest BCUT2D eigenvalue weighted by molar-refractivity contribution is -0.122. The van der Waals surface area contributed by atoms with Crippen molar-refractivity contribution in [3.8, 4) is 5.75 Å². The Morgan fingerprint density at radius 3 is 2.93 bits per heavy atom. The molecule has 2 N–H and O–H groups in total. The first kappa shape index (κ1) is 17.3. The zero-order valence-electron chi connectivity index (χ0n) is 14.9. The molecule has 2 heterocycles. The van der Waals surface area contributed by atoms with Crippen molar-refractivity contribution in [1.29, 1.82) is 0 Å². The topological polar surface area (TPSA) is 84.1 Å². The predicted molar refractivity (Wildman–Crippen MR) is 103 cm³/mol. The van der Waals surface area contributed by atoms with E-state index in [1.54, 1.807) is 6.07 Å². The minimum absolute atomic E-state index is 0.000149. The van der Waals surface area contributed by atoms with Gasteiger partial charge in [-0.3, -0.25) is 9.59 Å². The molecule has 1 aliphatic heterocycles. The number of para-hydroxylation sites is 2. The van der Waals surface area contributed by atoms with Crippen LogP contribution >= 0.6 is 0 Å². The fourth-order valence-electron chi connectivity index (χ4n) is 3.43. The van der Waals surface area contributed by atoms with E-state index in [4.69, 9.17) is 4.74 Å². The highest BCUT2D eigenvalue weighted by atomic mass is 16.5. The largest absolute Gasteiger partial charge is 0.493 e. The third kappa shape index (κ3) is 3.84. The Balaban J connectivity index is 1.35. The van der Waals surface area contributed by atoms with Crippen LogP contribution in [-0.4, -0.2) is 22.5 Å². The lowest BCUT2D eigenvalue weighted by atomic mass is 10.0. The number of carbonyl (C=O) groups excluding carboxylic acids is 1. The number of aryl methyl sites for hydroxylation is 1. The summed E-state index contributed by atoms with van der Waals surface area (Å²) in [6.07, 6.45) is 2.33. The summed E-state index contributed by atoms with van der Waals surface area (Å²) in [7, 11) is 0. The van der Waals surface area contributed by atoms with Gasteiger partial charge in [0.05, 0.1) is 23.6 Å². The number of aromatic amines is 1. The summed E-state index contributed by atoms with van der Waals surface area (Å²) < 4.78 is 5.63. The van der Waals surface area contributed by atoms with Gasteiger partial charge in [0.1, 0.15) is 11.6 Å². The predicted octanol–water partition coefficient (Wildman–Crippen LogP) is 2.89. The van der Waals surface area contributed by atoms with Crippen LogP contribution in [0.3, 0.4) is 0 Å². The van der Waals surface area contributed by atoms with Crippen LogP contribution < -0.4 is 15.6 Å². The summed E-state index contributed by atoms with van der Waals surface area (Å²) in [6.45, 7) is 0.601. The van der Waals surface area contributed by atoms with Gasteiger partial charge < -0.3 is 15.0 Å². The van der Waals surface area contributed by atoms with Crippen molar-refractivity contribution in [2.45, 2.75) is 31.7 Å². The van der Waals surface area contributed by atoms with Crippen molar-refractivity contribution >= 4 is 16.8 Å². The molecule has 1 amide bonds. The summed E-state index contributed by atoms with van der Waals surface area (Å²) in [4.78, 5) is 31.7. The number of amides is 1. The van der Waals surface area contributed by atoms with Gasteiger partial charge in [-0.1, -0.05) is 30.3 Å². The average Bonchev–Trinajstić information content (AvgIpc) is 2.68. The lowest BCUT2D eigenvalue weighted by Crippen LogP contribution is -2.32. The lowest BCUT2D eigenvalue weighted by Gasteiger charge is -2.26. The molecule has 0 unspecified atom stereocenters. The summed E-state index contributed by atoms with van der Waals surface area (Å²) in [6, 6.07) is 15.0. The van der Waals surface area contributed by atoms with E-state index in [-0.39, 0.29) is 17.5 Å². The Labute approximate surface area is 156 Å². The van der Waals surface area contributed by atoms with Gasteiger partial charge in [-0.15, -0.1) is 0 Å². The Morgan fingerprint density at radius 2 is 2.00 bits per heavy atom. The van der Waals surface area contributed by atoms with E-state index in [2.05, 4.69) is 15.3 Å². The molecule has 0 saturated carbocycles. The number of nitrogens with zero attached hydrogens (tertiary/aromatic N) is 1. The van der Waals surface area contributed by atoms with Crippen molar-refractivity contribution < 1.29 is 9.53 Å². The minimum Gasteiger partial charge on any atom is -0.493 e. The van der Waals surface area contributed by atoms with Gasteiger partial charge in [0.25, 0.3) is 5.56 Å². The molecule has 1 aliphatic rings. The van der Waals surface area contributed by atoms with E-state index < -0.39 is 0 Å². The highest BCUT2D eigenvalue weighted by molar-refractivity contribution is 5.77. The van der Waals surface area contributed by atoms with Gasteiger partial charge in [0.15, 0.2) is 0 Å². The molecule has 0 bridgehead atoms. The summed E-state index contributed by atoms with van der Waals surface area (Å²) in [5, 5.41) is 3.67. The van der Waals surface area contributed by atoms with Crippen LogP contribution in [0.5, 0.6) is 5.75 Å². The third-order valence-electron chi connectivity index (χ3n) is 4.77. The number of H-pyrrole nitrogens is 1. The quantitative estimate of drug-likeness (QED) is 0.730. The molecular formula is C21H21N3O3. The van der Waals surface area contributed by atoms with Crippen molar-refractivity contribution in [3.63, 3.8) is 0 Å². The number of ether oxygens (including phenoxy) is 1. The van der Waals surface area contributed by atoms with Gasteiger partial charge >= 0.3 is 0 Å². The molecule has 6 heteroatoms. The number of carbonyl (C=O) groups is 1. The minimum atomic E-state index is -0.140. The monoisotopic (exact) mass is 363 g/mol. The van der Waals surface area contributed by atoms with Crippen LogP contribution in [0, 0.1) is 0 Å². The first-order chi connectivity index (χ1) is 13.2. The molecule has 27 heavy (non-hydrogen) atoms. The van der Waals surface area contributed by atoms with E-state index in [9.17, 15) is 9.59 Å². The molecule has 1 atom stereocenters. The van der Waals surface area contributed by atoms with Crippen LogP contribution in [-0.2, 0) is 11.2 Å². The zero-order chi connectivity index (χ0) is 18.6. The second-order valence-electron chi connectivity index (χ2n) is 6.68. The first-order valence-corrected chi connectivity index (χ1v) is 9.20. The van der Waals surface area contributed by atoms with Crippen molar-refractivity contribution in [3.05, 3.63) is 70.3 Å². The summed E-state index contributed by atoms with van der Waals surface area (Å²) in [5.41, 5.74) is 1.57. The van der Waals surface area contributed by atoms with Crippen LogP contribution in [0.15, 0.2) is 53.3 Å². The van der Waals surface area contributed by atoms with Gasteiger partial charge in [0, 0.05) is 24.8 Å². The average molecular weight is 363 g/mol. The number of benzene rings is 2. The second-order valence-corrected chi connectivity index (χ2v) is 6.68. The molecule has 0 radical (unpaired) electrons. The smallest absolute Gasteiger partial charge is 0.258 e. The number of fused-ring (bicyclic) bond motifs is 2. The van der Waals surface area contributed by atoms with E-state index in [1.165, 1.54) is 0 Å². The molecule has 2 aromatic carbocycles. The van der Waals surface area contributed by atoms with Crippen LogP contribution in [0.25, 0.3) is 10.9 Å². The fraction of sp³-hybridized carbons (Fsp3) is 0.286. The summed E-state index contributed by atoms with van der Waals surface area (Å²) in [5.74, 6) is 1.45. The normalized spacial score (nSPS) is 15.8. The highest BCUT2D eigenvalue weighted by Gasteiger charge is 2.22. The van der Waals surface area contributed by atoms with Crippen LogP contribution in [0.2, 0.25) is 0 Å². The SMILES string of the molecule is O=C(CCCc1nc2ccccc2c(=O)[nH]1)N[C@H]1CCOc2ccccc21. The maximum Gasteiger partial charge on any atom is 0.258 e. The maximum atomic E-state index is 12.3. The number of nitrogens with one attached hydrogen (secondary N) is 2. The standard InChI is InChI=1S/C21H21N3O3/c25-20(23-17-12-13-27-18-9-4-2-6-14(17)18)11-5-10-19-22-16-8-3-1-7-15(16)21(26)24-19/h1-4,6-9,17H,5,10-13H2,(H,23,25)(H,22,24,26)/t17-/m0/s1. The van der Waals surface area contributed by atoms with Crippen molar-refractivity contribution in [2.75, 3.05) is 6.61 Å². The van der Waals surface area contributed by atoms with Crippen LogP contribution in [0.1, 0.15) is 36.7 Å². The molecular weight excluding hydrogens is 342 g/mol. The van der Waals surface area contributed by atoms with E-state index >= 15 is 0 Å². The molecule has 0 aliphatic carbocycles. The van der Waals surface area contributed by atoms with Gasteiger partial charge in [-0.05, 0) is 24.6 Å². The molecule has 4 rings (SSSR count). The number of rotatable bonds is 5. The van der Waals surface area contributed by atoms with E-state index in [0.29, 0.717) is 42.6 Å². The summed E-state index contributed by atoms with van der Waals surface area (Å²) >= 11 is 0. The van der Waals surface area contributed by atoms with Gasteiger partial charge in [-0.25, -0.2) is 4.98 Å². The van der Waals surface area contributed by atoms with E-state index in [0.717, 1.165) is 17.7 Å². The van der Waals surface area contributed by atoms with Crippen molar-refractivity contribution in [1.82, 2.24) is 15.3 Å². The Bertz CT molecular complexity index is 1030. The third-order valence-corrected chi connectivity index (χ3v) is 4.77.